The van der Waals surface area contributed by atoms with Gasteiger partial charge in [-0.05, 0) is 37.7 Å². The van der Waals surface area contributed by atoms with Gasteiger partial charge in [0.2, 0.25) is 15.9 Å². The molecule has 0 spiro atoms. The van der Waals surface area contributed by atoms with Crippen LogP contribution in [-0.2, 0) is 20.2 Å². The van der Waals surface area contributed by atoms with Gasteiger partial charge in [-0.25, -0.2) is 12.7 Å². The highest BCUT2D eigenvalue weighted by atomic mass is 32.2. The summed E-state index contributed by atoms with van der Waals surface area (Å²) in [4.78, 5) is 12.6. The zero-order chi connectivity index (χ0) is 18.2. The van der Waals surface area contributed by atoms with Crippen molar-refractivity contribution in [3.63, 3.8) is 0 Å². The smallest absolute Gasteiger partial charge is 0.237 e. The van der Waals surface area contributed by atoms with E-state index in [9.17, 15) is 13.2 Å². The average Bonchev–Trinajstić information content (AvgIpc) is 3.08. The Morgan fingerprint density at radius 2 is 1.88 bits per heavy atom. The lowest BCUT2D eigenvalue weighted by molar-refractivity contribution is -0.122. The summed E-state index contributed by atoms with van der Waals surface area (Å²) in [7, 11) is -3.29. The minimum absolute atomic E-state index is 0.0660. The molecule has 2 atom stereocenters. The first-order valence-corrected chi connectivity index (χ1v) is 11.1. The normalized spacial score (nSPS) is 28.2. The minimum Gasteiger partial charge on any atom is -0.354 e. The lowest BCUT2D eigenvalue weighted by Gasteiger charge is -2.20. The molecule has 1 aromatic carbocycles. The molecule has 142 valence electrons. The maximum absolute atomic E-state index is 12.7. The van der Waals surface area contributed by atoms with Gasteiger partial charge in [0.25, 0.3) is 0 Å². The predicted molar refractivity (Wildman–Crippen MR) is 100 cm³/mol. The Hall–Kier alpha value is -1.44. The average molecular weight is 378 g/mol. The molecule has 1 aromatic rings. The van der Waals surface area contributed by atoms with Gasteiger partial charge in [-0.15, -0.1) is 0 Å². The first-order chi connectivity index (χ1) is 12.5. The van der Waals surface area contributed by atoms with E-state index in [-0.39, 0.29) is 11.3 Å². The van der Waals surface area contributed by atoms with E-state index in [0.29, 0.717) is 32.6 Å². The first-order valence-electron chi connectivity index (χ1n) is 9.57. The summed E-state index contributed by atoms with van der Waals surface area (Å²) in [6, 6.07) is 9.88. The molecule has 7 heteroatoms. The number of carbonyl (C=O) groups is 1. The number of sulfonamides is 1. The topological polar surface area (TPSA) is 78.5 Å². The number of hydrogen-bond donors (Lipinski definition) is 2. The fraction of sp³-hybridized carbons (Fsp3) is 0.632. The highest BCUT2D eigenvalue weighted by molar-refractivity contribution is 7.89. The van der Waals surface area contributed by atoms with Crippen LogP contribution in [-0.4, -0.2) is 56.1 Å². The van der Waals surface area contributed by atoms with Crippen LogP contribution in [0.25, 0.3) is 0 Å². The summed E-state index contributed by atoms with van der Waals surface area (Å²) in [5.41, 5.74) is 1.34. The molecule has 6 nitrogen and oxygen atoms in total. The van der Waals surface area contributed by atoms with Crippen molar-refractivity contribution in [2.24, 2.45) is 0 Å². The van der Waals surface area contributed by atoms with Gasteiger partial charge in [0.15, 0.2) is 0 Å². The van der Waals surface area contributed by atoms with E-state index in [1.165, 1.54) is 5.56 Å². The van der Waals surface area contributed by atoms with Crippen molar-refractivity contribution in [3.05, 3.63) is 35.9 Å². The maximum atomic E-state index is 12.7. The van der Waals surface area contributed by atoms with Crippen LogP contribution in [0.4, 0.5) is 0 Å². The number of nitrogens with one attached hydrogen (secondary N) is 2. The van der Waals surface area contributed by atoms with E-state index < -0.39 is 21.3 Å². The molecule has 3 fully saturated rings. The molecule has 0 aromatic heterocycles. The molecule has 1 saturated carbocycles. The Bertz CT molecular complexity index is 755. The Labute approximate surface area is 155 Å². The van der Waals surface area contributed by atoms with Crippen LogP contribution in [0.3, 0.4) is 0 Å². The summed E-state index contributed by atoms with van der Waals surface area (Å²) in [6.07, 6.45) is 4.40. The van der Waals surface area contributed by atoms with Gasteiger partial charge in [-0.2, -0.15) is 0 Å². The van der Waals surface area contributed by atoms with Crippen LogP contribution in [0.2, 0.25) is 0 Å². The molecular weight excluding hydrogens is 350 g/mol. The molecule has 1 aliphatic carbocycles. The van der Waals surface area contributed by atoms with Crippen LogP contribution in [0.1, 0.15) is 37.7 Å². The van der Waals surface area contributed by atoms with Gasteiger partial charge in [-0.1, -0.05) is 30.3 Å². The molecule has 2 saturated heterocycles. The van der Waals surface area contributed by atoms with Crippen LogP contribution in [0.5, 0.6) is 0 Å². The molecule has 4 rings (SSSR count). The number of carbonyl (C=O) groups excluding carboxylic acids is 1. The van der Waals surface area contributed by atoms with Crippen molar-refractivity contribution < 1.29 is 13.2 Å². The summed E-state index contributed by atoms with van der Waals surface area (Å²) >= 11 is 0. The van der Waals surface area contributed by atoms with E-state index in [1.54, 1.807) is 4.31 Å². The third kappa shape index (κ3) is 3.40. The molecule has 1 amide bonds. The fourth-order valence-corrected chi connectivity index (χ4v) is 6.10. The third-order valence-corrected chi connectivity index (χ3v) is 8.38. The SMILES string of the molecule is O=C(NCC1(c2ccccc2)CC1)C1CC(S(=O)(=O)N2CCCC2)CN1. The Balaban J connectivity index is 1.32. The van der Waals surface area contributed by atoms with Gasteiger partial charge in [-0.3, -0.25) is 4.79 Å². The second-order valence-electron chi connectivity index (χ2n) is 7.83. The lowest BCUT2D eigenvalue weighted by atomic mass is 9.96. The van der Waals surface area contributed by atoms with Gasteiger partial charge in [0.1, 0.15) is 0 Å². The second kappa shape index (κ2) is 6.94. The molecule has 2 aliphatic heterocycles. The Morgan fingerprint density at radius 3 is 2.54 bits per heavy atom. The molecule has 2 N–H and O–H groups in total. The summed E-state index contributed by atoms with van der Waals surface area (Å²) in [5, 5.41) is 5.69. The number of amides is 1. The van der Waals surface area contributed by atoms with Gasteiger partial charge in [0.05, 0.1) is 11.3 Å². The van der Waals surface area contributed by atoms with Crippen LogP contribution in [0.15, 0.2) is 30.3 Å². The molecular formula is C19H27N3O3S. The van der Waals surface area contributed by atoms with Crippen molar-refractivity contribution in [2.45, 2.75) is 48.8 Å². The zero-order valence-corrected chi connectivity index (χ0v) is 15.8. The lowest BCUT2D eigenvalue weighted by Crippen LogP contribution is -2.43. The standard InChI is InChI=1S/C19H27N3O3S/c23-18(21-14-19(8-9-19)15-6-2-1-3-7-15)17-12-16(13-20-17)26(24,25)22-10-4-5-11-22/h1-3,6-7,16-17,20H,4-5,8-14H2,(H,21,23). The van der Waals surface area contributed by atoms with Crippen LogP contribution < -0.4 is 10.6 Å². The second-order valence-corrected chi connectivity index (χ2v) is 10.0. The van der Waals surface area contributed by atoms with Crippen LogP contribution in [0, 0.1) is 0 Å². The Kier molecular flexibility index (Phi) is 4.79. The summed E-state index contributed by atoms with van der Waals surface area (Å²) in [6.45, 7) is 2.23. The number of rotatable bonds is 6. The monoisotopic (exact) mass is 377 g/mol. The molecule has 0 radical (unpaired) electrons. The van der Waals surface area contributed by atoms with E-state index in [0.717, 1.165) is 25.7 Å². The van der Waals surface area contributed by atoms with Crippen LogP contribution >= 0.6 is 0 Å². The molecule has 3 aliphatic rings. The van der Waals surface area contributed by atoms with Crippen molar-refractivity contribution in [1.82, 2.24) is 14.9 Å². The highest BCUT2D eigenvalue weighted by Gasteiger charge is 2.45. The summed E-state index contributed by atoms with van der Waals surface area (Å²) < 4.78 is 26.9. The number of benzene rings is 1. The van der Waals surface area contributed by atoms with Gasteiger partial charge < -0.3 is 10.6 Å². The van der Waals surface area contributed by atoms with Crippen molar-refractivity contribution in [3.8, 4) is 0 Å². The summed E-state index contributed by atoms with van der Waals surface area (Å²) in [5.74, 6) is -0.0775. The fourth-order valence-electron chi connectivity index (χ4n) is 4.17. The predicted octanol–water partition coefficient (Wildman–Crippen LogP) is 0.991. The van der Waals surface area contributed by atoms with Gasteiger partial charge in [0, 0.05) is 31.6 Å². The Morgan fingerprint density at radius 1 is 1.19 bits per heavy atom. The van der Waals surface area contributed by atoms with Gasteiger partial charge >= 0.3 is 0 Å². The number of nitrogens with zero attached hydrogens (tertiary/aromatic N) is 1. The molecule has 26 heavy (non-hydrogen) atoms. The number of hydrogen-bond acceptors (Lipinski definition) is 4. The van der Waals surface area contributed by atoms with E-state index in [1.807, 2.05) is 18.2 Å². The molecule has 0 bridgehead atoms. The van der Waals surface area contributed by atoms with Crippen molar-refractivity contribution >= 4 is 15.9 Å². The van der Waals surface area contributed by atoms with Crippen molar-refractivity contribution in [1.29, 1.82) is 0 Å². The highest BCUT2D eigenvalue weighted by Crippen LogP contribution is 2.47. The maximum Gasteiger partial charge on any atom is 0.237 e. The van der Waals surface area contributed by atoms with Crippen molar-refractivity contribution in [2.75, 3.05) is 26.2 Å². The zero-order valence-electron chi connectivity index (χ0n) is 15.0. The largest absolute Gasteiger partial charge is 0.354 e. The minimum atomic E-state index is -3.29. The first kappa shape index (κ1) is 17.9. The third-order valence-electron chi connectivity index (χ3n) is 6.09. The molecule has 2 heterocycles. The molecule has 2 unspecified atom stereocenters. The van der Waals surface area contributed by atoms with E-state index in [4.69, 9.17) is 0 Å². The van der Waals surface area contributed by atoms with E-state index in [2.05, 4.69) is 22.8 Å². The van der Waals surface area contributed by atoms with E-state index >= 15 is 0 Å². The quantitative estimate of drug-likeness (QED) is 0.775.